The number of fused-ring (bicyclic) bond motifs is 1. The van der Waals surface area contributed by atoms with E-state index < -0.39 is 0 Å². The third-order valence-corrected chi connectivity index (χ3v) is 2.11. The summed E-state index contributed by atoms with van der Waals surface area (Å²) in [6, 6.07) is 8.29. The van der Waals surface area contributed by atoms with E-state index in [9.17, 15) is 0 Å². The van der Waals surface area contributed by atoms with Gasteiger partial charge in [0.2, 0.25) is 0 Å². The Labute approximate surface area is 72.5 Å². The molecule has 0 unspecified atom stereocenters. The SMILES string of the molecule is CN(C)C1=Nc2ccccc2C1. The van der Waals surface area contributed by atoms with Crippen molar-refractivity contribution in [3.63, 3.8) is 0 Å². The van der Waals surface area contributed by atoms with Crippen LogP contribution in [0.25, 0.3) is 0 Å². The molecule has 0 radical (unpaired) electrons. The fourth-order valence-electron chi connectivity index (χ4n) is 1.38. The maximum Gasteiger partial charge on any atom is 0.109 e. The van der Waals surface area contributed by atoms with E-state index in [-0.39, 0.29) is 0 Å². The highest BCUT2D eigenvalue weighted by Crippen LogP contribution is 2.26. The number of hydrogen-bond donors (Lipinski definition) is 0. The van der Waals surface area contributed by atoms with Crippen LogP contribution in [0.5, 0.6) is 0 Å². The summed E-state index contributed by atoms with van der Waals surface area (Å²) in [5.74, 6) is 1.15. The van der Waals surface area contributed by atoms with Crippen molar-refractivity contribution in [1.82, 2.24) is 4.90 Å². The first-order valence-electron chi connectivity index (χ1n) is 4.10. The molecule has 2 heteroatoms. The van der Waals surface area contributed by atoms with Crippen LogP contribution >= 0.6 is 0 Å². The maximum atomic E-state index is 4.49. The largest absolute Gasteiger partial charge is 0.366 e. The van der Waals surface area contributed by atoms with Crippen molar-refractivity contribution in [2.24, 2.45) is 4.99 Å². The van der Waals surface area contributed by atoms with E-state index in [1.54, 1.807) is 0 Å². The fraction of sp³-hybridized carbons (Fsp3) is 0.300. The van der Waals surface area contributed by atoms with Gasteiger partial charge in [-0.25, -0.2) is 4.99 Å². The van der Waals surface area contributed by atoms with Crippen LogP contribution in [0.1, 0.15) is 5.56 Å². The molecule has 0 saturated heterocycles. The fourth-order valence-corrected chi connectivity index (χ4v) is 1.38. The average Bonchev–Trinajstić information content (AvgIpc) is 2.46. The van der Waals surface area contributed by atoms with Crippen molar-refractivity contribution < 1.29 is 0 Å². The van der Waals surface area contributed by atoms with Gasteiger partial charge in [-0.15, -0.1) is 0 Å². The van der Waals surface area contributed by atoms with Crippen LogP contribution in [0.15, 0.2) is 29.3 Å². The van der Waals surface area contributed by atoms with Crippen LogP contribution in [0.4, 0.5) is 5.69 Å². The van der Waals surface area contributed by atoms with E-state index in [2.05, 4.69) is 28.1 Å². The molecule has 1 aliphatic heterocycles. The van der Waals surface area contributed by atoms with Gasteiger partial charge in [0.1, 0.15) is 5.84 Å². The lowest BCUT2D eigenvalue weighted by molar-refractivity contribution is 0.614. The van der Waals surface area contributed by atoms with Gasteiger partial charge in [-0.3, -0.25) is 0 Å². The Hall–Kier alpha value is -1.31. The summed E-state index contributed by atoms with van der Waals surface area (Å²) in [7, 11) is 4.06. The van der Waals surface area contributed by atoms with Crippen LogP contribution in [-0.4, -0.2) is 24.8 Å². The molecule has 2 rings (SSSR count). The summed E-state index contributed by atoms with van der Waals surface area (Å²) in [5, 5.41) is 0. The predicted octanol–water partition coefficient (Wildman–Crippen LogP) is 1.83. The van der Waals surface area contributed by atoms with Crippen LogP contribution < -0.4 is 0 Å². The molecule has 0 spiro atoms. The molecule has 0 aliphatic carbocycles. The van der Waals surface area contributed by atoms with Gasteiger partial charge in [0.05, 0.1) is 5.69 Å². The van der Waals surface area contributed by atoms with E-state index in [1.807, 2.05) is 20.2 Å². The molecule has 0 aromatic heterocycles. The smallest absolute Gasteiger partial charge is 0.109 e. The zero-order valence-electron chi connectivity index (χ0n) is 7.41. The Kier molecular flexibility index (Phi) is 1.61. The number of benzene rings is 1. The van der Waals surface area contributed by atoms with Gasteiger partial charge in [-0.2, -0.15) is 0 Å². The van der Waals surface area contributed by atoms with E-state index in [0.717, 1.165) is 17.9 Å². The van der Waals surface area contributed by atoms with Gasteiger partial charge in [0.25, 0.3) is 0 Å². The second-order valence-electron chi connectivity index (χ2n) is 3.23. The first-order valence-corrected chi connectivity index (χ1v) is 4.10. The van der Waals surface area contributed by atoms with Gasteiger partial charge in [0, 0.05) is 20.5 Å². The molecule has 1 aliphatic rings. The van der Waals surface area contributed by atoms with E-state index >= 15 is 0 Å². The highest BCUT2D eigenvalue weighted by molar-refractivity contribution is 5.91. The molecule has 1 aromatic carbocycles. The molecule has 12 heavy (non-hydrogen) atoms. The number of para-hydroxylation sites is 1. The monoisotopic (exact) mass is 160 g/mol. The van der Waals surface area contributed by atoms with Crippen LogP contribution in [0.2, 0.25) is 0 Å². The molecule has 1 aromatic rings. The molecule has 0 fully saturated rings. The van der Waals surface area contributed by atoms with Gasteiger partial charge < -0.3 is 4.90 Å². The summed E-state index contributed by atoms with van der Waals surface area (Å²) in [6.07, 6.45) is 0.975. The van der Waals surface area contributed by atoms with E-state index in [1.165, 1.54) is 5.56 Å². The summed E-state index contributed by atoms with van der Waals surface area (Å²) in [5.41, 5.74) is 2.46. The second-order valence-corrected chi connectivity index (χ2v) is 3.23. The van der Waals surface area contributed by atoms with Crippen LogP contribution in [0, 0.1) is 0 Å². The molecule has 2 nitrogen and oxygen atoms in total. The number of amidine groups is 1. The number of rotatable bonds is 0. The Bertz CT molecular complexity index is 326. The molecule has 0 saturated carbocycles. The molecular weight excluding hydrogens is 148 g/mol. The Morgan fingerprint density at radius 2 is 2.00 bits per heavy atom. The first kappa shape index (κ1) is 7.35. The molecule has 62 valence electrons. The van der Waals surface area contributed by atoms with Crippen LogP contribution in [-0.2, 0) is 6.42 Å². The topological polar surface area (TPSA) is 15.6 Å². The molecule has 0 atom stereocenters. The van der Waals surface area contributed by atoms with Crippen molar-refractivity contribution >= 4 is 11.5 Å². The number of likely N-dealkylation sites (N-methyl/N-ethyl adjacent to an activating group) is 1. The van der Waals surface area contributed by atoms with Gasteiger partial charge in [-0.1, -0.05) is 18.2 Å². The van der Waals surface area contributed by atoms with Gasteiger partial charge in [0.15, 0.2) is 0 Å². The first-order chi connectivity index (χ1) is 5.77. The molecular formula is C10H12N2. The van der Waals surface area contributed by atoms with Crippen molar-refractivity contribution in [2.45, 2.75) is 6.42 Å². The second kappa shape index (κ2) is 2.63. The van der Waals surface area contributed by atoms with Crippen molar-refractivity contribution in [2.75, 3.05) is 14.1 Å². The maximum absolute atomic E-state index is 4.49. The van der Waals surface area contributed by atoms with Gasteiger partial charge in [-0.05, 0) is 11.6 Å². The number of nitrogens with zero attached hydrogens (tertiary/aromatic N) is 2. The Balaban J connectivity index is 2.35. The standard InChI is InChI=1S/C10H12N2/c1-12(2)10-7-8-5-3-4-6-9(8)11-10/h3-6H,7H2,1-2H3. The van der Waals surface area contributed by atoms with Crippen molar-refractivity contribution in [3.05, 3.63) is 29.8 Å². The highest BCUT2D eigenvalue weighted by Gasteiger charge is 2.14. The summed E-state index contributed by atoms with van der Waals surface area (Å²) >= 11 is 0. The van der Waals surface area contributed by atoms with Crippen molar-refractivity contribution in [1.29, 1.82) is 0 Å². The minimum Gasteiger partial charge on any atom is -0.366 e. The third-order valence-electron chi connectivity index (χ3n) is 2.11. The van der Waals surface area contributed by atoms with Crippen molar-refractivity contribution in [3.8, 4) is 0 Å². The lowest BCUT2D eigenvalue weighted by atomic mass is 10.1. The molecule has 0 bridgehead atoms. The Morgan fingerprint density at radius 1 is 1.25 bits per heavy atom. The van der Waals surface area contributed by atoms with Crippen LogP contribution in [0.3, 0.4) is 0 Å². The predicted molar refractivity (Wildman–Crippen MR) is 50.9 cm³/mol. The normalized spacial score (nSPS) is 14.0. The average molecular weight is 160 g/mol. The number of hydrogen-bond acceptors (Lipinski definition) is 2. The number of aliphatic imine (C=N–C) groups is 1. The van der Waals surface area contributed by atoms with E-state index in [0.29, 0.717) is 0 Å². The lowest BCUT2D eigenvalue weighted by Gasteiger charge is -2.10. The zero-order valence-corrected chi connectivity index (χ0v) is 7.41. The molecule has 0 amide bonds. The quantitative estimate of drug-likeness (QED) is 0.565. The van der Waals surface area contributed by atoms with Gasteiger partial charge >= 0.3 is 0 Å². The molecule has 0 N–H and O–H groups in total. The minimum atomic E-state index is 0.975. The zero-order chi connectivity index (χ0) is 8.55. The highest BCUT2D eigenvalue weighted by atomic mass is 15.1. The lowest BCUT2D eigenvalue weighted by Crippen LogP contribution is -2.21. The summed E-state index contributed by atoms with van der Waals surface area (Å²) < 4.78 is 0. The summed E-state index contributed by atoms with van der Waals surface area (Å²) in [6.45, 7) is 0. The molecule has 1 heterocycles. The van der Waals surface area contributed by atoms with E-state index in [4.69, 9.17) is 0 Å². The minimum absolute atomic E-state index is 0.975. The Morgan fingerprint density at radius 3 is 2.67 bits per heavy atom. The third kappa shape index (κ3) is 1.09. The summed E-state index contributed by atoms with van der Waals surface area (Å²) in [4.78, 5) is 6.56.